The predicted octanol–water partition coefficient (Wildman–Crippen LogP) is 9.74. The average Bonchev–Trinajstić information content (AvgIpc) is 3.24. The fourth-order valence-corrected chi connectivity index (χ4v) is 4.24. The molecule has 3 heteroatoms. The first-order valence-electron chi connectivity index (χ1n) is 11.0. The van der Waals surface area contributed by atoms with E-state index >= 15 is 0 Å². The molecule has 0 nitrogen and oxygen atoms in total. The molecular weight excluding hydrogens is 498 g/mol. The normalized spacial score (nSPS) is 11.6. The van der Waals surface area contributed by atoms with Gasteiger partial charge in [-0.3, -0.25) is 0 Å². The van der Waals surface area contributed by atoms with E-state index in [1.54, 1.807) is 0 Å². The van der Waals surface area contributed by atoms with Crippen molar-refractivity contribution in [2.24, 2.45) is 0 Å². The molecule has 0 spiro atoms. The van der Waals surface area contributed by atoms with E-state index in [0.717, 1.165) is 12.8 Å². The van der Waals surface area contributed by atoms with Crippen LogP contribution in [0.25, 0.3) is 33.0 Å². The molecule has 0 bridgehead atoms. The van der Waals surface area contributed by atoms with E-state index in [4.69, 9.17) is 17.0 Å². The van der Waals surface area contributed by atoms with Crippen molar-refractivity contribution < 1.29 is 20.8 Å². The Labute approximate surface area is 205 Å². The maximum absolute atomic E-state index is 4.93. The van der Waals surface area contributed by atoms with E-state index in [1.165, 1.54) is 50.6 Å². The van der Waals surface area contributed by atoms with Gasteiger partial charge >= 0.3 is 37.9 Å². The number of aryl methyl sites for hydroxylation is 1. The Morgan fingerprint density at radius 1 is 0.871 bits per heavy atom. The molecule has 4 aromatic carbocycles. The molecule has 4 rings (SSSR count). The summed E-state index contributed by atoms with van der Waals surface area (Å²) in [5.41, 5.74) is 8.30. The van der Waals surface area contributed by atoms with E-state index in [-0.39, 0.29) is 0 Å². The zero-order valence-electron chi connectivity index (χ0n) is 18.5. The Morgan fingerprint density at radius 2 is 1.52 bits per heavy atom. The van der Waals surface area contributed by atoms with Crippen LogP contribution in [0.2, 0.25) is 0 Å². The summed E-state index contributed by atoms with van der Waals surface area (Å²) in [5, 5.41) is 2.78. The van der Waals surface area contributed by atoms with Gasteiger partial charge in [-0.25, -0.2) is 0 Å². The number of hydrogen-bond acceptors (Lipinski definition) is 0. The van der Waals surface area contributed by atoms with Crippen LogP contribution in [0.5, 0.6) is 0 Å². The molecule has 0 aliphatic rings. The van der Waals surface area contributed by atoms with Crippen molar-refractivity contribution in [2.75, 3.05) is 0 Å². The van der Waals surface area contributed by atoms with Gasteiger partial charge in [0.05, 0.1) is 0 Å². The third kappa shape index (κ3) is 5.76. The molecular formula is C28H29Cl2Zr-. The van der Waals surface area contributed by atoms with Crippen LogP contribution in [0.3, 0.4) is 0 Å². The van der Waals surface area contributed by atoms with Gasteiger partial charge in [0.1, 0.15) is 0 Å². The zero-order chi connectivity index (χ0) is 22.2. The molecule has 0 N–H and O–H groups in total. The third-order valence-electron chi connectivity index (χ3n) is 5.98. The number of hydrogen-bond donors (Lipinski definition) is 0. The van der Waals surface area contributed by atoms with E-state index in [2.05, 4.69) is 99.6 Å². The minimum absolute atomic E-state index is 0.597. The van der Waals surface area contributed by atoms with Gasteiger partial charge < -0.3 is 0 Å². The van der Waals surface area contributed by atoms with Gasteiger partial charge in [-0.05, 0) is 29.0 Å². The molecule has 0 aliphatic heterocycles. The van der Waals surface area contributed by atoms with Crippen molar-refractivity contribution in [1.82, 2.24) is 0 Å². The number of fused-ring (bicyclic) bond motifs is 1. The van der Waals surface area contributed by atoms with Crippen molar-refractivity contribution >= 4 is 27.8 Å². The molecule has 0 heterocycles. The van der Waals surface area contributed by atoms with Gasteiger partial charge in [-0.15, -0.1) is 34.5 Å². The predicted molar refractivity (Wildman–Crippen MR) is 135 cm³/mol. The van der Waals surface area contributed by atoms with Gasteiger partial charge in [0.25, 0.3) is 0 Å². The summed E-state index contributed by atoms with van der Waals surface area (Å²) >= 11 is -0.826. The van der Waals surface area contributed by atoms with Crippen LogP contribution < -0.4 is 0 Å². The summed E-state index contributed by atoms with van der Waals surface area (Å²) in [5.74, 6) is 0.597. The van der Waals surface area contributed by atoms with Crippen LogP contribution in [0.15, 0.2) is 78.9 Å². The summed E-state index contributed by atoms with van der Waals surface area (Å²) in [4.78, 5) is 0. The van der Waals surface area contributed by atoms with Gasteiger partial charge in [0.15, 0.2) is 0 Å². The summed E-state index contributed by atoms with van der Waals surface area (Å²) < 4.78 is 0. The molecule has 1 atom stereocenters. The Kier molecular flexibility index (Phi) is 9.52. The SMILES string of the molecule is CCCc1ccc2[cH-]c(C(C)CC)cc2c1-c1ccccc1-c1ccccc1.[Cl][Zr][Cl]. The van der Waals surface area contributed by atoms with Crippen LogP contribution in [0.1, 0.15) is 50.7 Å². The van der Waals surface area contributed by atoms with Crippen LogP contribution in [-0.4, -0.2) is 0 Å². The van der Waals surface area contributed by atoms with Crippen LogP contribution in [-0.2, 0) is 27.3 Å². The quantitative estimate of drug-likeness (QED) is 0.219. The Morgan fingerprint density at radius 3 is 2.16 bits per heavy atom. The summed E-state index contributed by atoms with van der Waals surface area (Å²) in [6.45, 7) is 6.88. The second kappa shape index (κ2) is 12.1. The summed E-state index contributed by atoms with van der Waals surface area (Å²) in [6, 6.07) is 29.2. The molecule has 0 amide bonds. The van der Waals surface area contributed by atoms with Crippen molar-refractivity contribution in [2.45, 2.75) is 46.0 Å². The first-order valence-corrected chi connectivity index (χ1v) is 17.3. The topological polar surface area (TPSA) is 0 Å². The first kappa shape index (κ1) is 24.4. The molecule has 4 aromatic rings. The number of halogens is 2. The fraction of sp³-hybridized carbons (Fsp3) is 0.250. The fourth-order valence-electron chi connectivity index (χ4n) is 4.24. The standard InChI is InChI=1S/C28H29.2ClH.Zr/c1-4-11-22-16-17-23-18-24(20(3)5-2)19-27(23)28(22)26-15-10-9-14-25(26)21-12-7-6-8-13-21;;;/h6-10,12-20H,4-5,11H2,1-3H3;2*1H;/q-1;;;+2/p-2. The van der Waals surface area contributed by atoms with E-state index in [9.17, 15) is 0 Å². The molecule has 160 valence electrons. The van der Waals surface area contributed by atoms with Crippen molar-refractivity contribution in [3.8, 4) is 22.3 Å². The molecule has 0 aliphatic carbocycles. The average molecular weight is 528 g/mol. The molecule has 1 unspecified atom stereocenters. The molecule has 0 saturated carbocycles. The molecule has 0 saturated heterocycles. The van der Waals surface area contributed by atoms with Gasteiger partial charge in [0, 0.05) is 0 Å². The minimum atomic E-state index is -0.826. The first-order chi connectivity index (χ1) is 15.1. The van der Waals surface area contributed by atoms with Crippen LogP contribution in [0.4, 0.5) is 0 Å². The van der Waals surface area contributed by atoms with E-state index in [0.29, 0.717) is 5.92 Å². The molecule has 0 fully saturated rings. The summed E-state index contributed by atoms with van der Waals surface area (Å²) in [6.07, 6.45) is 3.44. The van der Waals surface area contributed by atoms with Crippen LogP contribution >= 0.6 is 17.0 Å². The third-order valence-corrected chi connectivity index (χ3v) is 5.98. The maximum atomic E-state index is 4.93. The second-order valence-corrected chi connectivity index (χ2v) is 11.7. The second-order valence-electron chi connectivity index (χ2n) is 7.93. The molecule has 0 aromatic heterocycles. The van der Waals surface area contributed by atoms with Crippen molar-refractivity contribution in [1.29, 1.82) is 0 Å². The van der Waals surface area contributed by atoms with Gasteiger partial charge in [-0.1, -0.05) is 99.3 Å². The zero-order valence-corrected chi connectivity index (χ0v) is 22.4. The van der Waals surface area contributed by atoms with Crippen LogP contribution in [0, 0.1) is 0 Å². The number of benzene rings is 3. The Bertz CT molecular complexity index is 1100. The number of rotatable bonds is 6. The monoisotopic (exact) mass is 525 g/mol. The van der Waals surface area contributed by atoms with Crippen molar-refractivity contribution in [3.05, 3.63) is 90.0 Å². The molecule has 0 radical (unpaired) electrons. The molecule has 31 heavy (non-hydrogen) atoms. The van der Waals surface area contributed by atoms with E-state index < -0.39 is 20.8 Å². The van der Waals surface area contributed by atoms with Gasteiger partial charge in [-0.2, -0.15) is 6.07 Å². The Hall–Kier alpha value is -1.27. The van der Waals surface area contributed by atoms with Gasteiger partial charge in [0.2, 0.25) is 0 Å². The van der Waals surface area contributed by atoms with Crippen molar-refractivity contribution in [3.63, 3.8) is 0 Å². The Balaban J connectivity index is 0.000000858. The summed E-state index contributed by atoms with van der Waals surface area (Å²) in [7, 11) is 9.87. The van der Waals surface area contributed by atoms with E-state index in [1.807, 2.05) is 0 Å².